The summed E-state index contributed by atoms with van der Waals surface area (Å²) in [7, 11) is 0. The lowest BCUT2D eigenvalue weighted by molar-refractivity contribution is -0.157. The molecule has 2 unspecified atom stereocenters. The van der Waals surface area contributed by atoms with Crippen molar-refractivity contribution in [1.29, 1.82) is 5.26 Å². The Hall–Kier alpha value is -4.78. The number of rotatable bonds is 12. The van der Waals surface area contributed by atoms with E-state index >= 15 is 0 Å². The zero-order valence-electron chi connectivity index (χ0n) is 26.2. The Morgan fingerprint density at radius 2 is 1.63 bits per heavy atom. The average molecular weight is 626 g/mol. The highest BCUT2D eigenvalue weighted by atomic mass is 19.1. The summed E-state index contributed by atoms with van der Waals surface area (Å²) >= 11 is 0. The predicted molar refractivity (Wildman–Crippen MR) is 172 cm³/mol. The van der Waals surface area contributed by atoms with Crippen molar-refractivity contribution in [2.24, 2.45) is 5.92 Å². The maximum atomic E-state index is 14.4. The number of hydrogen-bond acceptors (Lipinski definition) is 5. The molecule has 9 nitrogen and oxygen atoms in total. The van der Waals surface area contributed by atoms with Gasteiger partial charge in [0.05, 0.1) is 6.07 Å². The van der Waals surface area contributed by atoms with Gasteiger partial charge in [-0.1, -0.05) is 67.4 Å². The van der Waals surface area contributed by atoms with Gasteiger partial charge in [0.15, 0.2) is 0 Å². The number of amides is 4. The first-order valence-electron chi connectivity index (χ1n) is 15.9. The maximum Gasteiger partial charge on any atom is 0.246 e. The minimum Gasteiger partial charge on any atom is -0.352 e. The van der Waals surface area contributed by atoms with Gasteiger partial charge in [-0.15, -0.1) is 0 Å². The molecule has 0 radical (unpaired) electrons. The lowest BCUT2D eigenvalue weighted by atomic mass is 9.96. The number of fused-ring (bicyclic) bond motifs is 1. The normalized spacial score (nSPS) is 17.8. The van der Waals surface area contributed by atoms with E-state index in [2.05, 4.69) is 10.6 Å². The number of nitrogens with one attached hydrogen (secondary N) is 2. The highest BCUT2D eigenvalue weighted by molar-refractivity contribution is 5.96. The molecule has 1 aliphatic heterocycles. The Morgan fingerprint density at radius 1 is 0.935 bits per heavy atom. The summed E-state index contributed by atoms with van der Waals surface area (Å²) in [5.41, 5.74) is 1.55. The molecule has 1 heterocycles. The zero-order valence-corrected chi connectivity index (χ0v) is 26.2. The molecular formula is C36H40FN5O4. The van der Waals surface area contributed by atoms with E-state index in [0.717, 1.165) is 29.2 Å². The first kappa shape index (κ1) is 32.6. The molecular weight excluding hydrogens is 585 g/mol. The van der Waals surface area contributed by atoms with Crippen molar-refractivity contribution in [3.63, 3.8) is 0 Å². The number of carbonyl (C=O) groups excluding carboxylic acids is 4. The Bertz CT molecular complexity index is 1630. The van der Waals surface area contributed by atoms with Crippen molar-refractivity contribution in [1.82, 2.24) is 20.4 Å². The van der Waals surface area contributed by atoms with Gasteiger partial charge in [0, 0.05) is 32.0 Å². The molecule has 10 heteroatoms. The third-order valence-electron chi connectivity index (χ3n) is 8.64. The molecule has 1 saturated carbocycles. The number of benzene rings is 3. The average Bonchev–Trinajstić information content (AvgIpc) is 3.85. The summed E-state index contributed by atoms with van der Waals surface area (Å²) in [5.74, 6) is -1.72. The minimum absolute atomic E-state index is 0.0716. The Labute approximate surface area is 268 Å². The second kappa shape index (κ2) is 14.5. The van der Waals surface area contributed by atoms with E-state index in [1.54, 1.807) is 23.1 Å². The van der Waals surface area contributed by atoms with Crippen LogP contribution in [0, 0.1) is 23.1 Å². The third kappa shape index (κ3) is 8.08. The fourth-order valence-corrected chi connectivity index (χ4v) is 6.16. The van der Waals surface area contributed by atoms with Gasteiger partial charge >= 0.3 is 0 Å². The molecule has 2 fully saturated rings. The molecule has 1 aliphatic carbocycles. The third-order valence-corrected chi connectivity index (χ3v) is 8.64. The van der Waals surface area contributed by atoms with Gasteiger partial charge in [-0.25, -0.2) is 4.39 Å². The van der Waals surface area contributed by atoms with Gasteiger partial charge in [0.2, 0.25) is 23.6 Å². The summed E-state index contributed by atoms with van der Waals surface area (Å²) in [5, 5.41) is 16.8. The van der Waals surface area contributed by atoms with E-state index in [0.29, 0.717) is 18.4 Å². The predicted octanol–water partition coefficient (Wildman–Crippen LogP) is 3.90. The molecule has 2 aliphatic rings. The molecule has 3 aromatic carbocycles. The Morgan fingerprint density at radius 3 is 2.30 bits per heavy atom. The van der Waals surface area contributed by atoms with Crippen molar-refractivity contribution in [2.75, 3.05) is 13.1 Å². The molecule has 0 bridgehead atoms. The highest BCUT2D eigenvalue weighted by Crippen LogP contribution is 2.36. The van der Waals surface area contributed by atoms with Crippen molar-refractivity contribution < 1.29 is 23.6 Å². The van der Waals surface area contributed by atoms with Gasteiger partial charge < -0.3 is 20.4 Å². The van der Waals surface area contributed by atoms with Crippen LogP contribution in [0.1, 0.15) is 50.7 Å². The Balaban J connectivity index is 1.42. The Kier molecular flexibility index (Phi) is 10.3. The van der Waals surface area contributed by atoms with Crippen LogP contribution in [0.5, 0.6) is 0 Å². The number of nitrogens with zero attached hydrogens (tertiary/aromatic N) is 3. The smallest absolute Gasteiger partial charge is 0.246 e. The second-order valence-corrected chi connectivity index (χ2v) is 12.6. The van der Waals surface area contributed by atoms with Crippen LogP contribution in [-0.2, 0) is 32.0 Å². The van der Waals surface area contributed by atoms with E-state index in [1.165, 1.54) is 17.0 Å². The van der Waals surface area contributed by atoms with Crippen LogP contribution in [0.15, 0.2) is 66.7 Å². The van der Waals surface area contributed by atoms with Gasteiger partial charge in [-0.05, 0) is 60.2 Å². The minimum atomic E-state index is -1.05. The van der Waals surface area contributed by atoms with Crippen LogP contribution in [0.2, 0.25) is 0 Å². The monoisotopic (exact) mass is 625 g/mol. The van der Waals surface area contributed by atoms with Crippen molar-refractivity contribution in [3.8, 4) is 6.07 Å². The molecule has 4 amide bonds. The number of nitriles is 1. The van der Waals surface area contributed by atoms with Gasteiger partial charge in [-0.3, -0.25) is 19.2 Å². The first-order valence-corrected chi connectivity index (χ1v) is 15.9. The van der Waals surface area contributed by atoms with Crippen LogP contribution in [-0.4, -0.2) is 70.7 Å². The SMILES string of the molecule is CC(C)NC(=O)C(Cc1ccc2ccccc2c1)N1CCN(C(=O)C(Cc2ccc(F)cc2)NC(=O)CC#N)[C@H](CC2CC2)C1=O. The van der Waals surface area contributed by atoms with Crippen LogP contribution in [0.3, 0.4) is 0 Å². The van der Waals surface area contributed by atoms with Gasteiger partial charge in [0.1, 0.15) is 30.4 Å². The number of piperazine rings is 1. The van der Waals surface area contributed by atoms with E-state index in [-0.39, 0.29) is 43.3 Å². The molecule has 1 saturated heterocycles. The van der Waals surface area contributed by atoms with Crippen LogP contribution in [0.4, 0.5) is 4.39 Å². The summed E-state index contributed by atoms with van der Waals surface area (Å²) in [6.07, 6.45) is 2.34. The van der Waals surface area contributed by atoms with E-state index in [4.69, 9.17) is 5.26 Å². The molecule has 0 aromatic heterocycles. The molecule has 240 valence electrons. The molecule has 5 rings (SSSR count). The molecule has 46 heavy (non-hydrogen) atoms. The topological polar surface area (TPSA) is 123 Å². The standard InChI is InChI=1S/C36H40FN5O4/c1-23(2)39-34(44)31(22-26-9-12-27-5-3-4-6-28(27)19-26)41-17-18-42(32(36(41)46)21-25-7-8-25)35(45)30(40-33(43)15-16-38)20-24-10-13-29(37)14-11-24/h3-6,9-14,19,23,25,30-32H,7-8,15,17-18,20-22H2,1-2H3,(H,39,44)(H,40,43)/t30?,31?,32-/m1/s1. The summed E-state index contributed by atoms with van der Waals surface area (Å²) in [6, 6.07) is 18.7. The fourth-order valence-electron chi connectivity index (χ4n) is 6.16. The quantitative estimate of drug-likeness (QED) is 0.316. The van der Waals surface area contributed by atoms with Crippen LogP contribution < -0.4 is 10.6 Å². The maximum absolute atomic E-state index is 14.4. The summed E-state index contributed by atoms with van der Waals surface area (Å²) < 4.78 is 13.6. The van der Waals surface area contributed by atoms with Crippen LogP contribution >= 0.6 is 0 Å². The molecule has 0 spiro atoms. The number of carbonyl (C=O) groups is 4. The van der Waals surface area contributed by atoms with Crippen molar-refractivity contribution in [2.45, 2.75) is 76.5 Å². The van der Waals surface area contributed by atoms with E-state index in [9.17, 15) is 23.6 Å². The van der Waals surface area contributed by atoms with Crippen molar-refractivity contribution >= 4 is 34.4 Å². The summed E-state index contributed by atoms with van der Waals surface area (Å²) in [4.78, 5) is 57.8. The molecule has 3 aromatic rings. The van der Waals surface area contributed by atoms with E-state index < -0.39 is 42.2 Å². The summed E-state index contributed by atoms with van der Waals surface area (Å²) in [6.45, 7) is 4.08. The lowest BCUT2D eigenvalue weighted by Crippen LogP contribution is -2.66. The number of halogens is 1. The lowest BCUT2D eigenvalue weighted by Gasteiger charge is -2.44. The van der Waals surface area contributed by atoms with Gasteiger partial charge in [-0.2, -0.15) is 5.26 Å². The second-order valence-electron chi connectivity index (χ2n) is 12.6. The molecule has 3 atom stereocenters. The first-order chi connectivity index (χ1) is 22.1. The number of hydrogen-bond donors (Lipinski definition) is 2. The zero-order chi connectivity index (χ0) is 32.8. The van der Waals surface area contributed by atoms with Crippen molar-refractivity contribution in [3.05, 3.63) is 83.7 Å². The fraction of sp³-hybridized carbons (Fsp3) is 0.417. The van der Waals surface area contributed by atoms with Gasteiger partial charge in [0.25, 0.3) is 0 Å². The molecule has 2 N–H and O–H groups in total. The highest BCUT2D eigenvalue weighted by Gasteiger charge is 2.45. The van der Waals surface area contributed by atoms with Crippen LogP contribution in [0.25, 0.3) is 10.8 Å². The van der Waals surface area contributed by atoms with E-state index in [1.807, 2.05) is 56.3 Å². The largest absolute Gasteiger partial charge is 0.352 e.